The Bertz CT molecular complexity index is 1320. The number of amides is 1. The first-order valence-electron chi connectivity index (χ1n) is 11.4. The average Bonchev–Trinajstić information content (AvgIpc) is 2.84. The first-order chi connectivity index (χ1) is 16.7. The predicted molar refractivity (Wildman–Crippen MR) is 137 cm³/mol. The number of nitrogen functional groups attached to an aromatic ring is 1. The highest BCUT2D eigenvalue weighted by Gasteiger charge is 2.23. The molecule has 0 bridgehead atoms. The van der Waals surface area contributed by atoms with Crippen molar-refractivity contribution in [2.24, 2.45) is 0 Å². The highest BCUT2D eigenvalue weighted by Crippen LogP contribution is 2.26. The van der Waals surface area contributed by atoms with Crippen LogP contribution in [0.15, 0.2) is 54.7 Å². The van der Waals surface area contributed by atoms with E-state index in [4.69, 9.17) is 21.1 Å². The maximum atomic E-state index is 12.8. The molecule has 1 amide bonds. The van der Waals surface area contributed by atoms with Crippen LogP contribution in [0.1, 0.15) is 46.6 Å². The van der Waals surface area contributed by atoms with Gasteiger partial charge >= 0.3 is 0 Å². The number of morpholine rings is 1. The van der Waals surface area contributed by atoms with Gasteiger partial charge in [0, 0.05) is 47.5 Å². The lowest BCUT2D eigenvalue weighted by atomic mass is 9.99. The Morgan fingerprint density at radius 1 is 1.20 bits per heavy atom. The largest absolute Gasteiger partial charge is 0.398 e. The van der Waals surface area contributed by atoms with Crippen molar-refractivity contribution in [1.82, 2.24) is 4.98 Å². The summed E-state index contributed by atoms with van der Waals surface area (Å²) in [6, 6.07) is 16.5. The number of benzene rings is 2. The predicted octanol–water partition coefficient (Wildman–Crippen LogP) is 4.13. The zero-order valence-corrected chi connectivity index (χ0v) is 20.0. The monoisotopic (exact) mass is 468 g/mol. The maximum absolute atomic E-state index is 12.8. The summed E-state index contributed by atoms with van der Waals surface area (Å²) in [5.41, 5.74) is 10.9. The van der Waals surface area contributed by atoms with Gasteiger partial charge < -0.3 is 20.7 Å². The van der Waals surface area contributed by atoms with Crippen molar-refractivity contribution in [1.29, 1.82) is 10.7 Å². The van der Waals surface area contributed by atoms with Gasteiger partial charge in [-0.25, -0.2) is 4.98 Å². The maximum Gasteiger partial charge on any atom is 0.274 e. The van der Waals surface area contributed by atoms with E-state index in [2.05, 4.69) is 29.0 Å². The number of anilines is 3. The molecule has 1 aromatic heterocycles. The molecule has 8 nitrogen and oxygen atoms in total. The molecule has 4 N–H and O–H groups in total. The molecule has 0 radical (unpaired) electrons. The molecule has 0 saturated carbocycles. The Morgan fingerprint density at radius 2 is 1.94 bits per heavy atom. The Labute approximate surface area is 204 Å². The number of ether oxygens (including phenoxy) is 1. The molecule has 1 fully saturated rings. The molecule has 8 heteroatoms. The highest BCUT2D eigenvalue weighted by molar-refractivity contribution is 6.15. The van der Waals surface area contributed by atoms with Gasteiger partial charge in [0.15, 0.2) is 0 Å². The van der Waals surface area contributed by atoms with Crippen molar-refractivity contribution in [3.8, 4) is 6.07 Å². The summed E-state index contributed by atoms with van der Waals surface area (Å²) in [5.74, 6) is -0.396. The number of nitrogens with zero attached hydrogens (tertiary/aromatic N) is 3. The SMILES string of the molecule is Cc1cc(C#N)cnc1C(=O)Nc1ccc(N)c(C(=N)c2cccc(N3CC(C)OC(C)C3)c2)c1. The summed E-state index contributed by atoms with van der Waals surface area (Å²) in [4.78, 5) is 19.2. The van der Waals surface area contributed by atoms with Gasteiger partial charge in [-0.05, 0) is 62.7 Å². The second-order valence-corrected chi connectivity index (χ2v) is 8.85. The van der Waals surface area contributed by atoms with Gasteiger partial charge in [0.25, 0.3) is 5.91 Å². The summed E-state index contributed by atoms with van der Waals surface area (Å²) in [6.07, 6.45) is 1.63. The number of rotatable bonds is 5. The van der Waals surface area contributed by atoms with Gasteiger partial charge in [0.1, 0.15) is 11.8 Å². The van der Waals surface area contributed by atoms with E-state index >= 15 is 0 Å². The summed E-state index contributed by atoms with van der Waals surface area (Å²) in [6.45, 7) is 7.42. The van der Waals surface area contributed by atoms with Gasteiger partial charge in [0.05, 0.1) is 23.5 Å². The van der Waals surface area contributed by atoms with Crippen LogP contribution in [0, 0.1) is 23.7 Å². The fraction of sp³-hybridized carbons (Fsp3) is 0.259. The number of carbonyl (C=O) groups excluding carboxylic acids is 1. The molecule has 178 valence electrons. The summed E-state index contributed by atoms with van der Waals surface area (Å²) >= 11 is 0. The van der Waals surface area contributed by atoms with Crippen LogP contribution >= 0.6 is 0 Å². The van der Waals surface area contributed by atoms with Crippen LogP contribution in [0.25, 0.3) is 0 Å². The first-order valence-corrected chi connectivity index (χ1v) is 11.4. The van der Waals surface area contributed by atoms with Crippen LogP contribution in [0.5, 0.6) is 0 Å². The normalized spacial score (nSPS) is 17.5. The molecule has 0 spiro atoms. The molecule has 0 aliphatic carbocycles. The Hall–Kier alpha value is -4.22. The van der Waals surface area contributed by atoms with Crippen LogP contribution in [0.4, 0.5) is 17.1 Å². The summed E-state index contributed by atoms with van der Waals surface area (Å²) in [5, 5.41) is 20.7. The smallest absolute Gasteiger partial charge is 0.274 e. The third-order valence-corrected chi connectivity index (χ3v) is 5.92. The molecule has 1 aliphatic rings. The van der Waals surface area contributed by atoms with E-state index in [9.17, 15) is 4.79 Å². The van der Waals surface area contributed by atoms with E-state index in [1.165, 1.54) is 6.20 Å². The number of pyridine rings is 1. The van der Waals surface area contributed by atoms with Crippen molar-refractivity contribution in [3.05, 3.63) is 82.7 Å². The van der Waals surface area contributed by atoms with Gasteiger partial charge in [-0.15, -0.1) is 0 Å². The lowest BCUT2D eigenvalue weighted by Crippen LogP contribution is -2.45. The number of aromatic nitrogens is 1. The van der Waals surface area contributed by atoms with E-state index in [-0.39, 0.29) is 23.6 Å². The zero-order chi connectivity index (χ0) is 25.1. The lowest BCUT2D eigenvalue weighted by Gasteiger charge is -2.37. The first kappa shape index (κ1) is 23.9. The van der Waals surface area contributed by atoms with Gasteiger partial charge in [0.2, 0.25) is 0 Å². The average molecular weight is 469 g/mol. The van der Waals surface area contributed by atoms with Crippen molar-refractivity contribution >= 4 is 28.7 Å². The Balaban J connectivity index is 1.57. The molecule has 35 heavy (non-hydrogen) atoms. The molecule has 2 unspecified atom stereocenters. The minimum atomic E-state index is -0.396. The van der Waals surface area contributed by atoms with E-state index in [1.54, 1.807) is 31.2 Å². The number of hydrogen-bond acceptors (Lipinski definition) is 7. The van der Waals surface area contributed by atoms with E-state index in [0.717, 1.165) is 24.3 Å². The third kappa shape index (κ3) is 5.31. The topological polar surface area (TPSA) is 128 Å². The fourth-order valence-corrected chi connectivity index (χ4v) is 4.32. The number of hydrogen-bond donors (Lipinski definition) is 3. The van der Waals surface area contributed by atoms with Crippen LogP contribution < -0.4 is 16.0 Å². The number of aryl methyl sites for hydroxylation is 1. The van der Waals surface area contributed by atoms with Crippen molar-refractivity contribution < 1.29 is 9.53 Å². The lowest BCUT2D eigenvalue weighted by molar-refractivity contribution is -0.00522. The van der Waals surface area contributed by atoms with E-state index < -0.39 is 5.91 Å². The molecule has 4 rings (SSSR count). The van der Waals surface area contributed by atoms with Crippen molar-refractivity contribution in [2.45, 2.75) is 33.0 Å². The fourth-order valence-electron chi connectivity index (χ4n) is 4.32. The zero-order valence-electron chi connectivity index (χ0n) is 20.0. The highest BCUT2D eigenvalue weighted by atomic mass is 16.5. The molecule has 2 heterocycles. The number of nitrogens with one attached hydrogen (secondary N) is 2. The number of carbonyl (C=O) groups is 1. The molecular weight excluding hydrogens is 440 g/mol. The number of nitriles is 1. The standard InChI is InChI=1S/C27H28N6O2/c1-16-9-19(12-28)13-31-26(16)27(34)32-21-7-8-24(29)23(11-21)25(30)20-5-4-6-22(10-20)33-14-17(2)35-18(3)15-33/h4-11,13,17-18,30H,14-15,29H2,1-3H3,(H,32,34). The number of nitrogens with two attached hydrogens (primary N) is 1. The second-order valence-electron chi connectivity index (χ2n) is 8.85. The second kappa shape index (κ2) is 9.95. The van der Waals surface area contributed by atoms with Crippen LogP contribution in [0.3, 0.4) is 0 Å². The summed E-state index contributed by atoms with van der Waals surface area (Å²) in [7, 11) is 0. The summed E-state index contributed by atoms with van der Waals surface area (Å²) < 4.78 is 5.84. The van der Waals surface area contributed by atoms with E-state index in [1.807, 2.05) is 30.3 Å². The molecular formula is C27H28N6O2. The Kier molecular flexibility index (Phi) is 6.80. The third-order valence-electron chi connectivity index (χ3n) is 5.92. The van der Waals surface area contributed by atoms with Gasteiger partial charge in [-0.1, -0.05) is 12.1 Å². The molecule has 1 aliphatic heterocycles. The van der Waals surface area contributed by atoms with Crippen LogP contribution in [0.2, 0.25) is 0 Å². The molecule has 3 aromatic rings. The van der Waals surface area contributed by atoms with Crippen molar-refractivity contribution in [3.63, 3.8) is 0 Å². The quantitative estimate of drug-likeness (QED) is 0.382. The van der Waals surface area contributed by atoms with Gasteiger partial charge in [-0.2, -0.15) is 5.26 Å². The minimum Gasteiger partial charge on any atom is -0.398 e. The Morgan fingerprint density at radius 3 is 2.63 bits per heavy atom. The van der Waals surface area contributed by atoms with Crippen molar-refractivity contribution in [2.75, 3.05) is 29.0 Å². The molecule has 2 atom stereocenters. The minimum absolute atomic E-state index is 0.132. The van der Waals surface area contributed by atoms with Crippen LogP contribution in [-0.2, 0) is 4.74 Å². The molecule has 2 aromatic carbocycles. The van der Waals surface area contributed by atoms with E-state index in [0.29, 0.717) is 28.1 Å². The van der Waals surface area contributed by atoms with Crippen LogP contribution in [-0.4, -0.2) is 41.9 Å². The van der Waals surface area contributed by atoms with Gasteiger partial charge in [-0.3, -0.25) is 10.2 Å². The molecule has 1 saturated heterocycles.